The summed E-state index contributed by atoms with van der Waals surface area (Å²) in [5.74, 6) is 0.898. The first-order valence-electron chi connectivity index (χ1n) is 8.78. The Balaban J connectivity index is 1.82. The molecule has 5 heteroatoms. The van der Waals surface area contributed by atoms with Crippen LogP contribution < -0.4 is 10.6 Å². The summed E-state index contributed by atoms with van der Waals surface area (Å²) in [6.45, 7) is 2.04. The molecule has 2 N–H and O–H groups in total. The molecule has 1 atom stereocenters. The molecule has 2 aromatic carbocycles. The van der Waals surface area contributed by atoms with Gasteiger partial charge in [-0.05, 0) is 43.7 Å². The SMILES string of the molecule is CNC(=O)c1ccc(-c2nc3ccccc3n2[C@H]2CCCNC2)cc1. The molecule has 5 nitrogen and oxygen atoms in total. The zero-order chi connectivity index (χ0) is 17.2. The fourth-order valence-electron chi connectivity index (χ4n) is 3.59. The molecule has 0 spiro atoms. The van der Waals surface area contributed by atoms with E-state index in [9.17, 15) is 4.79 Å². The van der Waals surface area contributed by atoms with E-state index in [1.807, 2.05) is 30.3 Å². The van der Waals surface area contributed by atoms with Gasteiger partial charge in [-0.3, -0.25) is 4.79 Å². The van der Waals surface area contributed by atoms with Crippen molar-refractivity contribution in [2.75, 3.05) is 20.1 Å². The lowest BCUT2D eigenvalue weighted by Gasteiger charge is -2.26. The van der Waals surface area contributed by atoms with Gasteiger partial charge in [0.2, 0.25) is 0 Å². The lowest BCUT2D eigenvalue weighted by atomic mass is 10.1. The molecule has 1 aromatic heterocycles. The van der Waals surface area contributed by atoms with Crippen molar-refractivity contribution < 1.29 is 4.79 Å². The number of nitrogens with one attached hydrogen (secondary N) is 2. The van der Waals surface area contributed by atoms with Crippen LogP contribution >= 0.6 is 0 Å². The molecule has 1 fully saturated rings. The highest BCUT2D eigenvalue weighted by Crippen LogP contribution is 2.31. The average molecular weight is 334 g/mol. The summed E-state index contributed by atoms with van der Waals surface area (Å²) in [6, 6.07) is 16.4. The number of carbonyl (C=O) groups excluding carboxylic acids is 1. The van der Waals surface area contributed by atoms with Crippen LogP contribution in [0.25, 0.3) is 22.4 Å². The van der Waals surface area contributed by atoms with Crippen LogP contribution in [0.4, 0.5) is 0 Å². The van der Waals surface area contributed by atoms with Gasteiger partial charge < -0.3 is 15.2 Å². The molecule has 0 aliphatic carbocycles. The maximum atomic E-state index is 11.8. The number of hydrogen-bond acceptors (Lipinski definition) is 3. The molecule has 2 heterocycles. The van der Waals surface area contributed by atoms with Crippen LogP contribution in [0.5, 0.6) is 0 Å². The van der Waals surface area contributed by atoms with Crippen molar-refractivity contribution >= 4 is 16.9 Å². The van der Waals surface area contributed by atoms with Crippen molar-refractivity contribution in [2.45, 2.75) is 18.9 Å². The summed E-state index contributed by atoms with van der Waals surface area (Å²) < 4.78 is 2.36. The van der Waals surface area contributed by atoms with E-state index in [0.29, 0.717) is 11.6 Å². The molecule has 1 aliphatic heterocycles. The number of benzene rings is 2. The number of hydrogen-bond donors (Lipinski definition) is 2. The monoisotopic (exact) mass is 334 g/mol. The second kappa shape index (κ2) is 6.69. The van der Waals surface area contributed by atoms with Crippen molar-refractivity contribution in [2.24, 2.45) is 0 Å². The van der Waals surface area contributed by atoms with Gasteiger partial charge in [-0.1, -0.05) is 24.3 Å². The molecule has 25 heavy (non-hydrogen) atoms. The number of aromatic nitrogens is 2. The third-order valence-electron chi connectivity index (χ3n) is 4.86. The van der Waals surface area contributed by atoms with Gasteiger partial charge in [-0.2, -0.15) is 0 Å². The molecular formula is C20H22N4O. The summed E-state index contributed by atoms with van der Waals surface area (Å²) in [6.07, 6.45) is 2.32. The topological polar surface area (TPSA) is 59.0 Å². The van der Waals surface area contributed by atoms with Crippen LogP contribution in [-0.2, 0) is 0 Å². The molecule has 4 rings (SSSR count). The first-order chi connectivity index (χ1) is 12.3. The summed E-state index contributed by atoms with van der Waals surface area (Å²) >= 11 is 0. The molecule has 1 saturated heterocycles. The van der Waals surface area contributed by atoms with Crippen molar-refractivity contribution in [3.63, 3.8) is 0 Å². The van der Waals surface area contributed by atoms with Gasteiger partial charge in [0.05, 0.1) is 11.0 Å². The Labute approximate surface area is 147 Å². The minimum absolute atomic E-state index is 0.0727. The highest BCUT2D eigenvalue weighted by atomic mass is 16.1. The van der Waals surface area contributed by atoms with Gasteiger partial charge in [-0.15, -0.1) is 0 Å². The Bertz CT molecular complexity index is 892. The number of piperidine rings is 1. The first-order valence-corrected chi connectivity index (χ1v) is 8.78. The van der Waals surface area contributed by atoms with Crippen molar-refractivity contribution in [3.8, 4) is 11.4 Å². The third-order valence-corrected chi connectivity index (χ3v) is 4.86. The van der Waals surface area contributed by atoms with Crippen LogP contribution in [0.3, 0.4) is 0 Å². The zero-order valence-electron chi connectivity index (χ0n) is 14.3. The minimum atomic E-state index is -0.0727. The summed E-state index contributed by atoms with van der Waals surface area (Å²) in [5, 5.41) is 6.15. The van der Waals surface area contributed by atoms with E-state index in [0.717, 1.165) is 36.4 Å². The minimum Gasteiger partial charge on any atom is -0.355 e. The van der Waals surface area contributed by atoms with Crippen molar-refractivity contribution in [1.82, 2.24) is 20.2 Å². The second-order valence-electron chi connectivity index (χ2n) is 6.45. The Kier molecular flexibility index (Phi) is 4.24. The van der Waals surface area contributed by atoms with E-state index in [-0.39, 0.29) is 5.91 Å². The lowest BCUT2D eigenvalue weighted by molar-refractivity contribution is 0.0963. The number of carbonyl (C=O) groups is 1. The zero-order valence-corrected chi connectivity index (χ0v) is 14.3. The lowest BCUT2D eigenvalue weighted by Crippen LogP contribution is -2.31. The summed E-state index contributed by atoms with van der Waals surface area (Å²) in [7, 11) is 1.64. The van der Waals surface area contributed by atoms with E-state index in [1.54, 1.807) is 7.05 Å². The van der Waals surface area contributed by atoms with E-state index < -0.39 is 0 Å². The van der Waals surface area contributed by atoms with Crippen LogP contribution in [0.1, 0.15) is 29.2 Å². The Morgan fingerprint density at radius 2 is 2.00 bits per heavy atom. The van der Waals surface area contributed by atoms with Gasteiger partial charge in [0, 0.05) is 30.8 Å². The van der Waals surface area contributed by atoms with Gasteiger partial charge in [-0.25, -0.2) is 4.98 Å². The van der Waals surface area contributed by atoms with E-state index in [2.05, 4.69) is 33.4 Å². The quantitative estimate of drug-likeness (QED) is 0.774. The van der Waals surface area contributed by atoms with Gasteiger partial charge >= 0.3 is 0 Å². The van der Waals surface area contributed by atoms with Gasteiger partial charge in [0.15, 0.2) is 0 Å². The molecule has 0 radical (unpaired) electrons. The molecule has 0 unspecified atom stereocenters. The van der Waals surface area contributed by atoms with E-state index >= 15 is 0 Å². The van der Waals surface area contributed by atoms with Crippen molar-refractivity contribution in [3.05, 3.63) is 54.1 Å². The molecule has 0 saturated carbocycles. The largest absolute Gasteiger partial charge is 0.355 e. The molecule has 128 valence electrons. The van der Waals surface area contributed by atoms with Crippen LogP contribution in [0, 0.1) is 0 Å². The van der Waals surface area contributed by atoms with Gasteiger partial charge in [0.1, 0.15) is 5.82 Å². The number of imidazole rings is 1. The Morgan fingerprint density at radius 1 is 1.20 bits per heavy atom. The molecule has 1 amide bonds. The maximum Gasteiger partial charge on any atom is 0.251 e. The number of nitrogens with zero attached hydrogens (tertiary/aromatic N) is 2. The fourth-order valence-corrected chi connectivity index (χ4v) is 3.59. The fraction of sp³-hybridized carbons (Fsp3) is 0.300. The predicted molar refractivity (Wildman–Crippen MR) is 99.7 cm³/mol. The summed E-state index contributed by atoms with van der Waals surface area (Å²) in [5.41, 5.74) is 3.88. The number of amides is 1. The van der Waals surface area contributed by atoms with Gasteiger partial charge in [0.25, 0.3) is 5.91 Å². The average Bonchev–Trinajstić information content (AvgIpc) is 3.07. The van der Waals surface area contributed by atoms with Crippen molar-refractivity contribution in [1.29, 1.82) is 0 Å². The molecule has 0 bridgehead atoms. The van der Waals surface area contributed by atoms with Crippen LogP contribution in [0.2, 0.25) is 0 Å². The second-order valence-corrected chi connectivity index (χ2v) is 6.45. The van der Waals surface area contributed by atoms with E-state index in [1.165, 1.54) is 11.9 Å². The smallest absolute Gasteiger partial charge is 0.251 e. The Hall–Kier alpha value is -2.66. The van der Waals surface area contributed by atoms with Crippen LogP contribution in [-0.4, -0.2) is 35.6 Å². The molecule has 3 aromatic rings. The van der Waals surface area contributed by atoms with E-state index in [4.69, 9.17) is 4.98 Å². The highest BCUT2D eigenvalue weighted by molar-refractivity contribution is 5.94. The molecular weight excluding hydrogens is 312 g/mol. The maximum absolute atomic E-state index is 11.8. The number of rotatable bonds is 3. The molecule has 1 aliphatic rings. The predicted octanol–water partition coefficient (Wildman–Crippen LogP) is 2.99. The standard InChI is InChI=1S/C20H22N4O/c1-21-20(25)15-10-8-14(9-11-15)19-23-17-6-2-3-7-18(17)24(19)16-5-4-12-22-13-16/h2-3,6-11,16,22H,4-5,12-13H2,1H3,(H,21,25)/t16-/m0/s1. The summed E-state index contributed by atoms with van der Waals surface area (Å²) in [4.78, 5) is 16.7. The number of para-hydroxylation sites is 2. The third kappa shape index (κ3) is 2.91. The van der Waals surface area contributed by atoms with Crippen LogP contribution in [0.15, 0.2) is 48.5 Å². The highest BCUT2D eigenvalue weighted by Gasteiger charge is 2.22. The normalized spacial score (nSPS) is 17.6. The number of fused-ring (bicyclic) bond motifs is 1. The first kappa shape index (κ1) is 15.8. The Morgan fingerprint density at radius 3 is 2.72 bits per heavy atom.